The van der Waals surface area contributed by atoms with Crippen molar-refractivity contribution in [3.63, 3.8) is 0 Å². The largest absolute Gasteiger partial charge is 0.302 e. The number of benzene rings is 1. The van der Waals surface area contributed by atoms with Gasteiger partial charge in [0.15, 0.2) is 0 Å². The fourth-order valence-corrected chi connectivity index (χ4v) is 3.19. The first-order valence-corrected chi connectivity index (χ1v) is 7.42. The van der Waals surface area contributed by atoms with Gasteiger partial charge in [0.05, 0.1) is 0 Å². The van der Waals surface area contributed by atoms with Crippen LogP contribution in [0.4, 0.5) is 0 Å². The molecule has 1 aliphatic heterocycles. The van der Waals surface area contributed by atoms with E-state index in [4.69, 9.17) is 0 Å². The molecule has 0 bridgehead atoms. The zero-order valence-electron chi connectivity index (χ0n) is 10.8. The average Bonchev–Trinajstić information content (AvgIpc) is 2.28. The van der Waals surface area contributed by atoms with Crippen molar-refractivity contribution in [2.45, 2.75) is 32.6 Å². The Balaban J connectivity index is 2.02. The second-order valence-corrected chi connectivity index (χ2v) is 6.46. The van der Waals surface area contributed by atoms with E-state index < -0.39 is 0 Å². The van der Waals surface area contributed by atoms with Crippen LogP contribution >= 0.6 is 15.9 Å². The van der Waals surface area contributed by atoms with Crippen molar-refractivity contribution in [3.8, 4) is 0 Å². The molecule has 0 amide bonds. The van der Waals surface area contributed by atoms with Crippen LogP contribution in [0.5, 0.6) is 0 Å². The Morgan fingerprint density at radius 3 is 2.94 bits per heavy atom. The van der Waals surface area contributed by atoms with Gasteiger partial charge in [0.25, 0.3) is 0 Å². The minimum Gasteiger partial charge on any atom is -0.302 e. The number of likely N-dealkylation sites (tertiary alicyclic amines) is 1. The highest BCUT2D eigenvalue weighted by Crippen LogP contribution is 2.28. The number of hydrogen-bond donors (Lipinski definition) is 0. The summed E-state index contributed by atoms with van der Waals surface area (Å²) in [6, 6.07) is 8.82. The number of hydrogen-bond acceptors (Lipinski definition) is 1. The molecule has 0 radical (unpaired) electrons. The lowest BCUT2D eigenvalue weighted by atomic mass is 9.90. The summed E-state index contributed by atoms with van der Waals surface area (Å²) in [6.45, 7) is 8.37. The van der Waals surface area contributed by atoms with Crippen LogP contribution in [-0.2, 0) is 0 Å². The van der Waals surface area contributed by atoms with Crippen LogP contribution in [0.15, 0.2) is 28.7 Å². The lowest BCUT2D eigenvalue weighted by Gasteiger charge is -2.34. The zero-order valence-corrected chi connectivity index (χ0v) is 12.4. The SMILES string of the molecule is CC(C)CN1CCCC(c2cccc(Br)c2)C1. The van der Waals surface area contributed by atoms with E-state index in [2.05, 4.69) is 58.9 Å². The Labute approximate surface area is 113 Å². The normalized spacial score (nSPS) is 22.0. The van der Waals surface area contributed by atoms with Gasteiger partial charge in [-0.05, 0) is 48.9 Å². The highest BCUT2D eigenvalue weighted by Gasteiger charge is 2.21. The standard InChI is InChI=1S/C15H22BrN/c1-12(2)10-17-8-4-6-14(11-17)13-5-3-7-15(16)9-13/h3,5,7,9,12,14H,4,6,8,10-11H2,1-2H3. The van der Waals surface area contributed by atoms with E-state index in [-0.39, 0.29) is 0 Å². The van der Waals surface area contributed by atoms with Gasteiger partial charge in [-0.1, -0.05) is 41.9 Å². The van der Waals surface area contributed by atoms with Crippen molar-refractivity contribution < 1.29 is 0 Å². The van der Waals surface area contributed by atoms with Crippen molar-refractivity contribution in [2.75, 3.05) is 19.6 Å². The highest BCUT2D eigenvalue weighted by atomic mass is 79.9. The highest BCUT2D eigenvalue weighted by molar-refractivity contribution is 9.10. The van der Waals surface area contributed by atoms with E-state index in [1.165, 1.54) is 42.5 Å². The van der Waals surface area contributed by atoms with Crippen LogP contribution in [0.1, 0.15) is 38.2 Å². The topological polar surface area (TPSA) is 3.24 Å². The summed E-state index contributed by atoms with van der Waals surface area (Å²) in [5.41, 5.74) is 1.49. The van der Waals surface area contributed by atoms with Crippen LogP contribution in [0.3, 0.4) is 0 Å². The molecular formula is C15H22BrN. The molecule has 0 N–H and O–H groups in total. The van der Waals surface area contributed by atoms with Crippen LogP contribution in [0.25, 0.3) is 0 Å². The van der Waals surface area contributed by atoms with Gasteiger partial charge in [0, 0.05) is 17.6 Å². The molecule has 17 heavy (non-hydrogen) atoms. The first-order chi connectivity index (χ1) is 8.15. The number of nitrogens with zero attached hydrogens (tertiary/aromatic N) is 1. The van der Waals surface area contributed by atoms with Gasteiger partial charge in [-0.2, -0.15) is 0 Å². The third kappa shape index (κ3) is 3.82. The van der Waals surface area contributed by atoms with Gasteiger partial charge < -0.3 is 4.90 Å². The van der Waals surface area contributed by atoms with E-state index in [1.807, 2.05) is 0 Å². The fourth-order valence-electron chi connectivity index (χ4n) is 2.77. The number of halogens is 1. The van der Waals surface area contributed by atoms with E-state index >= 15 is 0 Å². The summed E-state index contributed by atoms with van der Waals surface area (Å²) in [6.07, 6.45) is 2.68. The molecule has 1 unspecified atom stereocenters. The lowest BCUT2D eigenvalue weighted by molar-refractivity contribution is 0.188. The summed E-state index contributed by atoms with van der Waals surface area (Å²) in [5, 5.41) is 0. The molecule has 2 heteroatoms. The average molecular weight is 296 g/mol. The van der Waals surface area contributed by atoms with Crippen molar-refractivity contribution in [2.24, 2.45) is 5.92 Å². The van der Waals surface area contributed by atoms with Gasteiger partial charge in [-0.25, -0.2) is 0 Å². The van der Waals surface area contributed by atoms with E-state index in [9.17, 15) is 0 Å². The summed E-state index contributed by atoms with van der Waals surface area (Å²) >= 11 is 3.57. The second-order valence-electron chi connectivity index (χ2n) is 5.55. The van der Waals surface area contributed by atoms with E-state index in [1.54, 1.807) is 0 Å². The maximum absolute atomic E-state index is 3.57. The molecule has 2 rings (SSSR count). The molecule has 1 aromatic carbocycles. The quantitative estimate of drug-likeness (QED) is 0.804. The fraction of sp³-hybridized carbons (Fsp3) is 0.600. The molecule has 1 heterocycles. The predicted molar refractivity (Wildman–Crippen MR) is 77.4 cm³/mol. The van der Waals surface area contributed by atoms with Gasteiger partial charge in [0.1, 0.15) is 0 Å². The van der Waals surface area contributed by atoms with Crippen LogP contribution in [0, 0.1) is 5.92 Å². The summed E-state index contributed by atoms with van der Waals surface area (Å²) < 4.78 is 1.20. The molecule has 0 saturated carbocycles. The molecule has 1 aromatic rings. The van der Waals surface area contributed by atoms with Gasteiger partial charge in [0.2, 0.25) is 0 Å². The molecule has 1 saturated heterocycles. The van der Waals surface area contributed by atoms with Gasteiger partial charge in [-0.15, -0.1) is 0 Å². The molecule has 1 nitrogen and oxygen atoms in total. The Bertz CT molecular complexity index is 362. The molecule has 0 spiro atoms. The van der Waals surface area contributed by atoms with Crippen LogP contribution in [-0.4, -0.2) is 24.5 Å². The van der Waals surface area contributed by atoms with Crippen LogP contribution < -0.4 is 0 Å². The minimum absolute atomic E-state index is 0.722. The Morgan fingerprint density at radius 2 is 2.24 bits per heavy atom. The maximum Gasteiger partial charge on any atom is 0.0178 e. The lowest BCUT2D eigenvalue weighted by Crippen LogP contribution is -2.36. The van der Waals surface area contributed by atoms with E-state index in [0.29, 0.717) is 0 Å². The summed E-state index contributed by atoms with van der Waals surface area (Å²) in [7, 11) is 0. The summed E-state index contributed by atoms with van der Waals surface area (Å²) in [5.74, 6) is 1.50. The minimum atomic E-state index is 0.722. The molecule has 94 valence electrons. The Morgan fingerprint density at radius 1 is 1.41 bits per heavy atom. The number of rotatable bonds is 3. The Hall–Kier alpha value is -0.340. The Kier molecular flexibility index (Phi) is 4.63. The number of piperidine rings is 1. The van der Waals surface area contributed by atoms with Crippen molar-refractivity contribution in [3.05, 3.63) is 34.3 Å². The molecular weight excluding hydrogens is 274 g/mol. The van der Waals surface area contributed by atoms with Crippen molar-refractivity contribution >= 4 is 15.9 Å². The molecule has 0 aliphatic carbocycles. The van der Waals surface area contributed by atoms with Crippen molar-refractivity contribution in [1.29, 1.82) is 0 Å². The van der Waals surface area contributed by atoms with E-state index in [0.717, 1.165) is 11.8 Å². The first-order valence-electron chi connectivity index (χ1n) is 6.63. The van der Waals surface area contributed by atoms with Crippen molar-refractivity contribution in [1.82, 2.24) is 4.90 Å². The molecule has 1 aliphatic rings. The zero-order chi connectivity index (χ0) is 12.3. The first kappa shape index (κ1) is 13.1. The predicted octanol–water partition coefficient (Wildman–Crippen LogP) is 4.28. The molecule has 1 fully saturated rings. The third-order valence-electron chi connectivity index (χ3n) is 3.45. The van der Waals surface area contributed by atoms with Crippen LogP contribution in [0.2, 0.25) is 0 Å². The summed E-state index contributed by atoms with van der Waals surface area (Å²) in [4.78, 5) is 2.62. The van der Waals surface area contributed by atoms with Gasteiger partial charge in [-0.3, -0.25) is 0 Å². The third-order valence-corrected chi connectivity index (χ3v) is 3.94. The van der Waals surface area contributed by atoms with Gasteiger partial charge >= 0.3 is 0 Å². The monoisotopic (exact) mass is 295 g/mol. The molecule has 1 atom stereocenters. The molecule has 0 aromatic heterocycles. The second kappa shape index (κ2) is 6.01. The maximum atomic E-state index is 3.57. The smallest absolute Gasteiger partial charge is 0.0178 e.